The van der Waals surface area contributed by atoms with Crippen LogP contribution < -0.4 is 5.32 Å². The molecule has 9 nitrogen and oxygen atoms in total. The predicted molar refractivity (Wildman–Crippen MR) is 102 cm³/mol. The van der Waals surface area contributed by atoms with Crippen molar-refractivity contribution in [1.82, 2.24) is 24.9 Å². The molecule has 0 bridgehead atoms. The summed E-state index contributed by atoms with van der Waals surface area (Å²) in [7, 11) is 6.95. The van der Waals surface area contributed by atoms with Gasteiger partial charge in [-0.15, -0.1) is 0 Å². The Morgan fingerprint density at radius 2 is 2.04 bits per heavy atom. The summed E-state index contributed by atoms with van der Waals surface area (Å²) in [6, 6.07) is 3.60. The second-order valence-corrected chi connectivity index (χ2v) is 7.99. The quantitative estimate of drug-likeness (QED) is 0.780. The summed E-state index contributed by atoms with van der Waals surface area (Å²) in [5.74, 6) is 2.00. The summed E-state index contributed by atoms with van der Waals surface area (Å²) in [5.41, 5.74) is 2.16. The number of amides is 2. The summed E-state index contributed by atoms with van der Waals surface area (Å²) >= 11 is 0. The summed E-state index contributed by atoms with van der Waals surface area (Å²) in [5, 5.41) is 14.4. The number of methoxy groups -OCH3 is 1. The maximum Gasteiger partial charge on any atom is 0.275 e. The van der Waals surface area contributed by atoms with E-state index in [-0.39, 0.29) is 17.7 Å². The molecule has 2 aliphatic carbocycles. The van der Waals surface area contributed by atoms with Gasteiger partial charge in [0.25, 0.3) is 5.91 Å². The van der Waals surface area contributed by atoms with Crippen LogP contribution in [-0.2, 0) is 23.2 Å². The Morgan fingerprint density at radius 1 is 1.32 bits per heavy atom. The van der Waals surface area contributed by atoms with E-state index >= 15 is 0 Å². The molecule has 9 heteroatoms. The van der Waals surface area contributed by atoms with E-state index in [1.54, 1.807) is 25.1 Å². The lowest BCUT2D eigenvalue weighted by atomic mass is 9.96. The molecule has 2 saturated carbocycles. The number of H-pyrrole nitrogens is 1. The van der Waals surface area contributed by atoms with E-state index in [1.807, 2.05) is 20.2 Å². The third-order valence-corrected chi connectivity index (χ3v) is 5.91. The smallest absolute Gasteiger partial charge is 0.275 e. The van der Waals surface area contributed by atoms with E-state index in [2.05, 4.69) is 20.6 Å². The molecular weight excluding hydrogens is 360 g/mol. The van der Waals surface area contributed by atoms with Crippen molar-refractivity contribution in [3.05, 3.63) is 29.2 Å². The topological polar surface area (TPSA) is 105 Å². The number of carbonyl (C=O) groups is 2. The van der Waals surface area contributed by atoms with Gasteiger partial charge in [0, 0.05) is 51.8 Å². The Kier molecular flexibility index (Phi) is 4.70. The third kappa shape index (κ3) is 3.30. The first-order chi connectivity index (χ1) is 13.4. The zero-order valence-electron chi connectivity index (χ0n) is 16.6. The minimum absolute atomic E-state index is 0.194. The molecule has 0 radical (unpaired) electrons. The number of hydrogen-bond donors (Lipinski definition) is 2. The SMILES string of the molecule is COCc1cc(C(=O)Nc2cc([C@H]3C[C@@H]4[C@H](C3)[C@@H]4C(=O)N(C)C)[nH]n2)n(C)n1. The van der Waals surface area contributed by atoms with Gasteiger partial charge in [0.05, 0.1) is 12.3 Å². The fourth-order valence-corrected chi connectivity index (χ4v) is 4.51. The highest BCUT2D eigenvalue weighted by Gasteiger charge is 2.60. The lowest BCUT2D eigenvalue weighted by molar-refractivity contribution is -0.130. The van der Waals surface area contributed by atoms with E-state index in [1.165, 1.54) is 4.68 Å². The molecule has 0 saturated heterocycles. The molecule has 2 aromatic rings. The van der Waals surface area contributed by atoms with Gasteiger partial charge in [-0.2, -0.15) is 10.2 Å². The Morgan fingerprint density at radius 3 is 2.68 bits per heavy atom. The lowest BCUT2D eigenvalue weighted by Gasteiger charge is -2.15. The number of nitrogens with zero attached hydrogens (tertiary/aromatic N) is 4. The molecule has 150 valence electrons. The van der Waals surface area contributed by atoms with Crippen LogP contribution in [0.5, 0.6) is 0 Å². The van der Waals surface area contributed by atoms with Gasteiger partial charge in [-0.25, -0.2) is 0 Å². The number of carbonyl (C=O) groups excluding carboxylic acids is 2. The molecule has 4 atom stereocenters. The van der Waals surface area contributed by atoms with Crippen LogP contribution in [0.25, 0.3) is 0 Å². The van der Waals surface area contributed by atoms with Crippen molar-refractivity contribution in [3.63, 3.8) is 0 Å². The van der Waals surface area contributed by atoms with Gasteiger partial charge in [0.2, 0.25) is 5.91 Å². The number of nitrogens with one attached hydrogen (secondary N) is 2. The van der Waals surface area contributed by atoms with Crippen LogP contribution in [0, 0.1) is 17.8 Å². The summed E-state index contributed by atoms with van der Waals surface area (Å²) in [6.45, 7) is 0.356. The van der Waals surface area contributed by atoms with Gasteiger partial charge in [0.1, 0.15) is 5.69 Å². The first-order valence-corrected chi connectivity index (χ1v) is 9.48. The van der Waals surface area contributed by atoms with Crippen molar-refractivity contribution < 1.29 is 14.3 Å². The molecule has 2 amide bonds. The van der Waals surface area contributed by atoms with Crippen LogP contribution in [0.2, 0.25) is 0 Å². The first-order valence-electron chi connectivity index (χ1n) is 9.48. The Balaban J connectivity index is 1.36. The van der Waals surface area contributed by atoms with Crippen LogP contribution in [-0.4, -0.2) is 57.9 Å². The largest absolute Gasteiger partial charge is 0.378 e. The monoisotopic (exact) mass is 386 g/mol. The average Bonchev–Trinajstić information content (AvgIpc) is 3.07. The van der Waals surface area contributed by atoms with Gasteiger partial charge >= 0.3 is 0 Å². The predicted octanol–water partition coefficient (Wildman–Crippen LogP) is 1.37. The zero-order chi connectivity index (χ0) is 20.0. The highest BCUT2D eigenvalue weighted by atomic mass is 16.5. The number of hydrogen-bond acceptors (Lipinski definition) is 5. The highest BCUT2D eigenvalue weighted by Crippen LogP contribution is 2.62. The number of aromatic amines is 1. The minimum Gasteiger partial charge on any atom is -0.378 e. The summed E-state index contributed by atoms with van der Waals surface area (Å²) in [4.78, 5) is 26.3. The van der Waals surface area contributed by atoms with E-state index in [9.17, 15) is 9.59 Å². The number of aryl methyl sites for hydroxylation is 1. The van der Waals surface area contributed by atoms with Crippen molar-refractivity contribution in [1.29, 1.82) is 0 Å². The Hall–Kier alpha value is -2.68. The van der Waals surface area contributed by atoms with Crippen LogP contribution in [0.4, 0.5) is 5.82 Å². The molecule has 28 heavy (non-hydrogen) atoms. The molecule has 0 aliphatic heterocycles. The second kappa shape index (κ2) is 7.05. The molecule has 0 spiro atoms. The molecular formula is C19H26N6O3. The highest BCUT2D eigenvalue weighted by molar-refractivity contribution is 6.02. The van der Waals surface area contributed by atoms with Gasteiger partial charge in [-0.1, -0.05) is 0 Å². The van der Waals surface area contributed by atoms with Crippen molar-refractivity contribution in [2.45, 2.75) is 25.4 Å². The van der Waals surface area contributed by atoms with Gasteiger partial charge in [-0.05, 0) is 30.7 Å². The molecule has 0 aromatic carbocycles. The minimum atomic E-state index is -0.263. The number of anilines is 1. The van der Waals surface area contributed by atoms with Crippen LogP contribution in [0.15, 0.2) is 12.1 Å². The number of fused-ring (bicyclic) bond motifs is 1. The Bertz CT molecular complexity index is 889. The van der Waals surface area contributed by atoms with Crippen LogP contribution in [0.3, 0.4) is 0 Å². The number of aromatic nitrogens is 4. The number of rotatable bonds is 6. The molecule has 2 aliphatic rings. The van der Waals surface area contributed by atoms with E-state index in [0.717, 1.165) is 18.5 Å². The Labute approximate surface area is 163 Å². The van der Waals surface area contributed by atoms with E-state index < -0.39 is 0 Å². The van der Waals surface area contributed by atoms with E-state index in [0.29, 0.717) is 41.6 Å². The molecule has 2 N–H and O–H groups in total. The van der Waals surface area contributed by atoms with Crippen molar-refractivity contribution in [3.8, 4) is 0 Å². The van der Waals surface area contributed by atoms with Crippen LogP contribution in [0.1, 0.15) is 40.6 Å². The van der Waals surface area contributed by atoms with Crippen molar-refractivity contribution >= 4 is 17.6 Å². The van der Waals surface area contributed by atoms with Gasteiger partial charge < -0.3 is 15.0 Å². The van der Waals surface area contributed by atoms with Gasteiger partial charge in [-0.3, -0.25) is 19.4 Å². The fourth-order valence-electron chi connectivity index (χ4n) is 4.51. The lowest BCUT2D eigenvalue weighted by Crippen LogP contribution is -2.25. The normalized spacial score (nSPS) is 25.4. The zero-order valence-corrected chi connectivity index (χ0v) is 16.6. The average molecular weight is 386 g/mol. The van der Waals surface area contributed by atoms with Crippen molar-refractivity contribution in [2.75, 3.05) is 26.5 Å². The summed E-state index contributed by atoms with van der Waals surface area (Å²) < 4.78 is 6.58. The third-order valence-electron chi connectivity index (χ3n) is 5.91. The maximum absolute atomic E-state index is 12.5. The first kappa shape index (κ1) is 18.7. The van der Waals surface area contributed by atoms with Crippen LogP contribution >= 0.6 is 0 Å². The standard InChI is InChI=1S/C19H26N6O3/c1-24(2)19(27)17-12-5-10(6-13(12)17)14-8-16(22-21-14)20-18(26)15-7-11(9-28-4)23-25(15)3/h7-8,10,12-13,17H,5-6,9H2,1-4H3,(H2,20,21,22,26)/t10-,12+,13-,17+. The molecule has 2 aromatic heterocycles. The van der Waals surface area contributed by atoms with Gasteiger partial charge in [0.15, 0.2) is 5.82 Å². The molecule has 2 heterocycles. The molecule has 4 rings (SSSR count). The maximum atomic E-state index is 12.5. The van der Waals surface area contributed by atoms with E-state index in [4.69, 9.17) is 4.74 Å². The van der Waals surface area contributed by atoms with Crippen molar-refractivity contribution in [2.24, 2.45) is 24.8 Å². The number of ether oxygens (including phenoxy) is 1. The molecule has 2 fully saturated rings. The summed E-state index contributed by atoms with van der Waals surface area (Å²) in [6.07, 6.45) is 1.99. The fraction of sp³-hybridized carbons (Fsp3) is 0.579. The molecule has 0 unspecified atom stereocenters. The second-order valence-electron chi connectivity index (χ2n) is 7.99.